The van der Waals surface area contributed by atoms with Gasteiger partial charge in [0.15, 0.2) is 12.4 Å². The standard InChI is InChI=1S/C87H141N11O20/c1-27-29-30-53(15)74(118-69(104)46-116-45-68(103)117-44-66(101)87(115)36-34-59-58-32-31-56-41-57(99)33-35-85(56,18)70(58)65(100)42-86(59,87)19)73-78(108)90-60(28-2)80(110)92(20)43-67(102)93(21)61(37-47(3)4)77(107)91-71(51(11)12)83(113)94(22)62(38-48(5)6)76(106)88-54(16)75(105)89-55(17)79(109)95(23)63(39-49(7)8)81(111)96(24)64(40-50(9)10)82(112)97(25)72(52(13)14)84(114)98(73)26/h27,29,33,35,41,47-55,58-65,70-74,100,115H,28,30-32,34,36-40,42-46H2,1-26H3,(H,88,106)(H,89,105)(H,90,108)(H,91,107)/b29-27+/t53-,54?,55?,58?,59?,60?,61+,62?,63?,64?,65+,70?,71?,72?,73?,74?,85+,86+,87+/m1/s1. The fourth-order valence-corrected chi connectivity index (χ4v) is 18.3. The number of ketones is 2. The van der Waals surface area contributed by atoms with Gasteiger partial charge in [-0.1, -0.05) is 135 Å². The van der Waals surface area contributed by atoms with Crippen LogP contribution in [0.15, 0.2) is 36.0 Å². The zero-order valence-electron chi connectivity index (χ0n) is 75.1. The Kier molecular flexibility index (Phi) is 36.2. The van der Waals surface area contributed by atoms with Crippen LogP contribution in [0, 0.1) is 70.0 Å². The smallest absolute Gasteiger partial charge is 0.332 e. The zero-order chi connectivity index (χ0) is 89.6. The third-order valence-corrected chi connectivity index (χ3v) is 25.2. The molecule has 6 N–H and O–H groups in total. The second-order valence-electron chi connectivity index (χ2n) is 36.7. The van der Waals surface area contributed by atoms with Crippen LogP contribution in [0.2, 0.25) is 0 Å². The summed E-state index contributed by atoms with van der Waals surface area (Å²) >= 11 is 0. The van der Waals surface area contributed by atoms with Crippen molar-refractivity contribution in [1.29, 1.82) is 0 Å². The van der Waals surface area contributed by atoms with Crippen molar-refractivity contribution in [2.75, 3.05) is 75.7 Å². The number of Topliss-reactive ketones (excluding diaryl/α,β-unsaturated/α-hetero) is 1. The molecule has 11 amide bonds. The summed E-state index contributed by atoms with van der Waals surface area (Å²) in [7, 11) is 9.56. The number of carbonyl (C=O) groups excluding carboxylic acids is 15. The normalized spacial score (nSPS) is 31.1. The molecule has 1 aliphatic heterocycles. The van der Waals surface area contributed by atoms with E-state index in [0.717, 1.165) is 20.3 Å². The Bertz CT molecular complexity index is 3740. The van der Waals surface area contributed by atoms with Gasteiger partial charge in [0, 0.05) is 66.1 Å². The summed E-state index contributed by atoms with van der Waals surface area (Å²) in [5, 5.41) is 35.3. The van der Waals surface area contributed by atoms with Gasteiger partial charge in [0.25, 0.3) is 0 Å². The molecule has 31 heteroatoms. The summed E-state index contributed by atoms with van der Waals surface area (Å²) in [6, 6.07) is -13.5. The van der Waals surface area contributed by atoms with E-state index in [1.54, 1.807) is 73.6 Å². The number of nitrogens with one attached hydrogen (secondary N) is 4. The summed E-state index contributed by atoms with van der Waals surface area (Å²) in [5.74, 6) is -15.2. The predicted molar refractivity (Wildman–Crippen MR) is 442 cm³/mol. The fourth-order valence-electron chi connectivity index (χ4n) is 18.3. The molecular formula is C87H141N11O20. The van der Waals surface area contributed by atoms with Crippen LogP contribution in [0.4, 0.5) is 0 Å². The first-order valence-corrected chi connectivity index (χ1v) is 42.3. The summed E-state index contributed by atoms with van der Waals surface area (Å²) in [5.41, 5.74) is -2.74. The molecule has 4 fully saturated rings. The number of hydrogen-bond donors (Lipinski definition) is 6. The minimum absolute atomic E-state index is 0.0435. The van der Waals surface area contributed by atoms with Crippen LogP contribution in [0.5, 0.6) is 0 Å². The van der Waals surface area contributed by atoms with E-state index in [1.807, 2.05) is 68.4 Å². The maximum absolute atomic E-state index is 15.9. The van der Waals surface area contributed by atoms with Crippen LogP contribution >= 0.6 is 0 Å². The molecule has 0 radical (unpaired) electrons. The number of hydrogen-bond acceptors (Lipinski definition) is 20. The van der Waals surface area contributed by atoms with Crippen LogP contribution in [0.3, 0.4) is 0 Å². The zero-order valence-corrected chi connectivity index (χ0v) is 75.1. The topological polar surface area (TPSA) is 395 Å². The molecule has 1 heterocycles. The van der Waals surface area contributed by atoms with Crippen molar-refractivity contribution in [2.24, 2.45) is 70.0 Å². The number of ether oxygens (including phenoxy) is 3. The lowest BCUT2D eigenvalue weighted by Crippen LogP contribution is -2.64. The lowest BCUT2D eigenvalue weighted by Gasteiger charge is -2.59. The van der Waals surface area contributed by atoms with Crippen molar-refractivity contribution < 1.29 is 96.3 Å². The van der Waals surface area contributed by atoms with Crippen molar-refractivity contribution in [2.45, 2.75) is 280 Å². The van der Waals surface area contributed by atoms with E-state index in [0.29, 0.717) is 19.3 Å². The molecular weight excluding hydrogens is 1520 g/mol. The van der Waals surface area contributed by atoms with Gasteiger partial charge in [-0.3, -0.25) is 62.3 Å². The van der Waals surface area contributed by atoms with Crippen LogP contribution in [0.25, 0.3) is 0 Å². The number of fused-ring (bicyclic) bond motifs is 5. The third kappa shape index (κ3) is 23.6. The Labute approximate surface area is 699 Å². The molecule has 664 valence electrons. The molecule has 0 aromatic heterocycles. The van der Waals surface area contributed by atoms with Gasteiger partial charge >= 0.3 is 11.9 Å². The van der Waals surface area contributed by atoms with Gasteiger partial charge in [0.05, 0.1) is 12.6 Å². The molecule has 3 saturated carbocycles. The Morgan fingerprint density at radius 3 is 1.63 bits per heavy atom. The van der Waals surface area contributed by atoms with E-state index in [-0.39, 0.29) is 98.6 Å². The number of carbonyl (C=O) groups is 15. The SMILES string of the molecule is C/C=C/C[C@@H](C)C(OC(=O)COCC(=O)OCC(=O)[C@@]1(O)CCC2C3CCC4=CC(=O)C=C[C@]4(C)C3[C@@H](O)C[C@@]21C)C1C(=O)NC(CC)C(=O)N(C)CC(=O)N(C)[C@@H](CC(C)C)C(=O)NC(C(C)C)C(=O)N(C)C(CC(C)C)C(=O)NC(C)C(=O)NC(C)C(=O)N(C)C(CC(C)C)C(=O)N(C)C(CC(C)C)C(=O)N(C)C(C(C)C)C(=O)N1C. The van der Waals surface area contributed by atoms with E-state index in [4.69, 9.17) is 14.2 Å². The Hall–Kier alpha value is -8.45. The summed E-state index contributed by atoms with van der Waals surface area (Å²) < 4.78 is 17.2. The largest absolute Gasteiger partial charge is 0.458 e. The Balaban J connectivity index is 1.57. The van der Waals surface area contributed by atoms with Gasteiger partial charge in [-0.25, -0.2) is 9.59 Å². The second kappa shape index (κ2) is 42.7. The van der Waals surface area contributed by atoms with Gasteiger partial charge in [-0.05, 0) is 157 Å². The van der Waals surface area contributed by atoms with Gasteiger partial charge < -0.3 is 80.0 Å². The molecule has 118 heavy (non-hydrogen) atoms. The highest BCUT2D eigenvalue weighted by Crippen LogP contribution is 2.67. The van der Waals surface area contributed by atoms with E-state index < -0.39 is 216 Å². The molecule has 1 saturated heterocycles. The first-order valence-electron chi connectivity index (χ1n) is 42.3. The monoisotopic (exact) mass is 1660 g/mol. The maximum atomic E-state index is 15.9. The van der Waals surface area contributed by atoms with Crippen LogP contribution < -0.4 is 21.3 Å². The summed E-state index contributed by atoms with van der Waals surface area (Å²) in [6.07, 6.45) is 8.03. The first-order chi connectivity index (χ1) is 54.8. The van der Waals surface area contributed by atoms with E-state index in [1.165, 1.54) is 88.9 Å². The third-order valence-electron chi connectivity index (χ3n) is 25.2. The number of allylic oxidation sites excluding steroid dienone is 6. The first kappa shape index (κ1) is 100. The lowest BCUT2D eigenvalue weighted by atomic mass is 9.46. The Morgan fingerprint density at radius 1 is 0.576 bits per heavy atom. The van der Waals surface area contributed by atoms with E-state index in [9.17, 15) is 63.0 Å². The molecule has 5 rings (SSSR count). The van der Waals surface area contributed by atoms with Crippen molar-refractivity contribution in [3.63, 3.8) is 0 Å². The van der Waals surface area contributed by atoms with Crippen molar-refractivity contribution in [3.8, 4) is 0 Å². The molecule has 13 unspecified atom stereocenters. The van der Waals surface area contributed by atoms with Crippen molar-refractivity contribution in [1.82, 2.24) is 55.6 Å². The molecule has 4 aliphatic carbocycles. The number of aliphatic hydroxyl groups excluding tert-OH is 1. The minimum Gasteiger partial charge on any atom is -0.458 e. The molecule has 5 aliphatic rings. The van der Waals surface area contributed by atoms with Crippen LogP contribution in [-0.2, 0) is 86.1 Å². The maximum Gasteiger partial charge on any atom is 0.332 e. The highest BCUT2D eigenvalue weighted by Gasteiger charge is 2.68. The van der Waals surface area contributed by atoms with Crippen LogP contribution in [-0.4, -0.2) is 287 Å². The van der Waals surface area contributed by atoms with Gasteiger partial charge in [-0.2, -0.15) is 0 Å². The minimum atomic E-state index is -1.99. The fraction of sp³-hybridized carbons (Fsp3) is 0.759. The molecule has 19 atom stereocenters. The highest BCUT2D eigenvalue weighted by molar-refractivity contribution is 6.02. The summed E-state index contributed by atoms with van der Waals surface area (Å²) in [6.45, 7) is 29.6. The quantitative estimate of drug-likeness (QED) is 0.0581. The number of likely N-dealkylation sites (N-methyl/N-ethyl adjacent to an activating group) is 7. The second-order valence-corrected chi connectivity index (χ2v) is 36.7. The molecule has 31 nitrogen and oxygen atoms in total. The number of esters is 2. The lowest BCUT2D eigenvalue weighted by molar-refractivity contribution is -0.182. The molecule has 0 spiro atoms. The van der Waals surface area contributed by atoms with Crippen molar-refractivity contribution in [3.05, 3.63) is 36.0 Å². The number of nitrogens with zero attached hydrogens (tertiary/aromatic N) is 7. The summed E-state index contributed by atoms with van der Waals surface area (Å²) in [4.78, 5) is 228. The van der Waals surface area contributed by atoms with Gasteiger partial charge in [-0.15, -0.1) is 0 Å². The highest BCUT2D eigenvalue weighted by atomic mass is 16.6. The van der Waals surface area contributed by atoms with Crippen LogP contribution in [0.1, 0.15) is 202 Å². The Morgan fingerprint density at radius 2 is 1.08 bits per heavy atom. The number of amides is 11. The van der Waals surface area contributed by atoms with Gasteiger partial charge in [0.1, 0.15) is 85.3 Å². The van der Waals surface area contributed by atoms with Gasteiger partial charge in [0.2, 0.25) is 70.8 Å². The number of rotatable bonds is 23. The molecule has 0 aromatic carbocycles. The average Bonchev–Trinajstić information content (AvgIpc) is 1.47. The molecule has 0 bridgehead atoms. The van der Waals surface area contributed by atoms with E-state index >= 15 is 19.2 Å². The van der Waals surface area contributed by atoms with E-state index in [2.05, 4.69) is 21.3 Å². The average molecular weight is 1660 g/mol. The molecule has 0 aromatic rings. The van der Waals surface area contributed by atoms with Crippen molar-refractivity contribution >= 4 is 88.5 Å². The number of aliphatic hydroxyl groups is 2. The predicted octanol–water partition coefficient (Wildman–Crippen LogP) is 4.96.